The first-order chi connectivity index (χ1) is 10.2. The van der Waals surface area contributed by atoms with Gasteiger partial charge in [-0.3, -0.25) is 4.90 Å². The molecular weight excluding hydrogens is 262 g/mol. The topological polar surface area (TPSA) is 46.0 Å². The highest BCUT2D eigenvalue weighted by Crippen LogP contribution is 2.35. The van der Waals surface area contributed by atoms with Crippen LogP contribution in [0.5, 0.6) is 0 Å². The normalized spacial score (nSPS) is 28.7. The van der Waals surface area contributed by atoms with Crippen LogP contribution in [-0.4, -0.2) is 44.8 Å². The van der Waals surface area contributed by atoms with E-state index in [-0.39, 0.29) is 0 Å². The minimum Gasteiger partial charge on any atom is -0.311 e. The lowest BCUT2D eigenvalue weighted by Crippen LogP contribution is -2.58. The molecule has 5 heteroatoms. The van der Waals surface area contributed by atoms with Crippen molar-refractivity contribution < 1.29 is 0 Å². The molecule has 21 heavy (non-hydrogen) atoms. The van der Waals surface area contributed by atoms with Crippen molar-refractivity contribution in [1.82, 2.24) is 25.0 Å². The Morgan fingerprint density at radius 3 is 2.86 bits per heavy atom. The molecule has 0 aromatic carbocycles. The van der Waals surface area contributed by atoms with Crippen LogP contribution in [0.1, 0.15) is 45.9 Å². The first-order valence-corrected chi connectivity index (χ1v) is 8.57. The predicted molar refractivity (Wildman–Crippen MR) is 83.9 cm³/mol. The average Bonchev–Trinajstić information content (AvgIpc) is 3.27. The Morgan fingerprint density at radius 1 is 1.38 bits per heavy atom. The Balaban J connectivity index is 1.72. The van der Waals surface area contributed by atoms with Gasteiger partial charge in [-0.1, -0.05) is 20.3 Å². The highest BCUT2D eigenvalue weighted by Gasteiger charge is 2.38. The molecule has 0 spiro atoms. The lowest BCUT2D eigenvalue weighted by Gasteiger charge is -2.43. The minimum atomic E-state index is 0.618. The van der Waals surface area contributed by atoms with E-state index in [1.54, 1.807) is 6.33 Å². The van der Waals surface area contributed by atoms with Crippen LogP contribution in [0.25, 0.3) is 0 Å². The van der Waals surface area contributed by atoms with E-state index in [1.807, 2.05) is 4.68 Å². The number of nitrogens with one attached hydrogen (secondary N) is 1. The van der Waals surface area contributed by atoms with Crippen molar-refractivity contribution in [3.63, 3.8) is 0 Å². The summed E-state index contributed by atoms with van der Waals surface area (Å²) in [5.41, 5.74) is 0. The number of rotatable bonds is 6. The van der Waals surface area contributed by atoms with Crippen LogP contribution in [0.2, 0.25) is 0 Å². The molecule has 0 amide bonds. The van der Waals surface area contributed by atoms with Crippen LogP contribution in [0.15, 0.2) is 6.33 Å². The van der Waals surface area contributed by atoms with Crippen molar-refractivity contribution in [3.8, 4) is 0 Å². The highest BCUT2D eigenvalue weighted by molar-refractivity contribution is 4.97. The third kappa shape index (κ3) is 3.29. The molecular formula is C16H29N5. The Morgan fingerprint density at radius 2 is 2.19 bits per heavy atom. The summed E-state index contributed by atoms with van der Waals surface area (Å²) in [6.45, 7) is 10.9. The summed E-state index contributed by atoms with van der Waals surface area (Å²) in [5.74, 6) is 2.74. The molecule has 1 saturated carbocycles. The molecule has 1 N–H and O–H groups in total. The van der Waals surface area contributed by atoms with Gasteiger partial charge < -0.3 is 5.32 Å². The maximum Gasteiger partial charge on any atom is 0.141 e. The molecule has 5 nitrogen and oxygen atoms in total. The van der Waals surface area contributed by atoms with E-state index in [1.165, 1.54) is 19.3 Å². The number of aromatic nitrogens is 3. The second-order valence-electron chi connectivity index (χ2n) is 6.73. The first kappa shape index (κ1) is 15.0. The van der Waals surface area contributed by atoms with Gasteiger partial charge in [-0.05, 0) is 31.6 Å². The Kier molecular flexibility index (Phi) is 4.60. The highest BCUT2D eigenvalue weighted by atomic mass is 15.4. The smallest absolute Gasteiger partial charge is 0.141 e. The number of hydrogen-bond donors (Lipinski definition) is 1. The Labute approximate surface area is 128 Å². The fourth-order valence-corrected chi connectivity index (χ4v) is 3.54. The van der Waals surface area contributed by atoms with Gasteiger partial charge in [0.15, 0.2) is 0 Å². The molecule has 0 radical (unpaired) electrons. The Hall–Kier alpha value is -0.940. The molecule has 1 saturated heterocycles. The van der Waals surface area contributed by atoms with E-state index in [9.17, 15) is 0 Å². The van der Waals surface area contributed by atoms with Gasteiger partial charge in [0.2, 0.25) is 0 Å². The van der Waals surface area contributed by atoms with Crippen LogP contribution in [0.3, 0.4) is 0 Å². The van der Waals surface area contributed by atoms with Crippen molar-refractivity contribution in [2.45, 2.75) is 65.2 Å². The van der Waals surface area contributed by atoms with Crippen LogP contribution in [0, 0.1) is 11.8 Å². The van der Waals surface area contributed by atoms with E-state index in [0.29, 0.717) is 12.1 Å². The van der Waals surface area contributed by atoms with Crippen molar-refractivity contribution in [1.29, 1.82) is 0 Å². The number of nitrogens with zero attached hydrogens (tertiary/aromatic N) is 4. The van der Waals surface area contributed by atoms with Crippen molar-refractivity contribution in [2.75, 3.05) is 13.1 Å². The molecule has 3 rings (SSSR count). The zero-order valence-corrected chi connectivity index (χ0v) is 13.6. The summed E-state index contributed by atoms with van der Waals surface area (Å²) in [6, 6.07) is 1.30. The van der Waals surface area contributed by atoms with Gasteiger partial charge in [-0.2, -0.15) is 5.10 Å². The summed E-state index contributed by atoms with van der Waals surface area (Å²) in [4.78, 5) is 7.13. The monoisotopic (exact) mass is 291 g/mol. The van der Waals surface area contributed by atoms with E-state index in [2.05, 4.69) is 41.1 Å². The van der Waals surface area contributed by atoms with E-state index >= 15 is 0 Å². The third-order valence-corrected chi connectivity index (χ3v) is 5.32. The maximum atomic E-state index is 4.48. The van der Waals surface area contributed by atoms with E-state index in [4.69, 9.17) is 0 Å². The molecule has 3 atom stereocenters. The molecule has 2 fully saturated rings. The third-order valence-electron chi connectivity index (χ3n) is 5.32. The fourth-order valence-electron chi connectivity index (χ4n) is 3.54. The van der Waals surface area contributed by atoms with E-state index < -0.39 is 0 Å². The van der Waals surface area contributed by atoms with Crippen LogP contribution < -0.4 is 5.32 Å². The molecule has 1 aliphatic heterocycles. The molecule has 118 valence electrons. The summed E-state index contributed by atoms with van der Waals surface area (Å²) >= 11 is 0. The fraction of sp³-hybridized carbons (Fsp3) is 0.875. The SMILES string of the molecule is CCC(C)C1CNC(C2CC2)CN1Cc1ncnn1CC. The first-order valence-electron chi connectivity index (χ1n) is 8.57. The maximum absolute atomic E-state index is 4.48. The Bertz CT molecular complexity index is 453. The minimum absolute atomic E-state index is 0.618. The molecule has 0 bridgehead atoms. The predicted octanol–water partition coefficient (Wildman–Crippen LogP) is 1.90. The van der Waals surface area contributed by atoms with Crippen molar-refractivity contribution in [3.05, 3.63) is 12.2 Å². The second-order valence-corrected chi connectivity index (χ2v) is 6.73. The van der Waals surface area contributed by atoms with Gasteiger partial charge in [0.05, 0.1) is 6.54 Å². The van der Waals surface area contributed by atoms with Crippen LogP contribution in [-0.2, 0) is 13.1 Å². The lowest BCUT2D eigenvalue weighted by molar-refractivity contribution is 0.0750. The van der Waals surface area contributed by atoms with Gasteiger partial charge in [0, 0.05) is 31.7 Å². The zero-order valence-electron chi connectivity index (χ0n) is 13.6. The summed E-state index contributed by atoms with van der Waals surface area (Å²) in [6.07, 6.45) is 5.74. The standard InChI is InChI=1S/C16H29N5/c1-4-12(3)15-8-17-14(13-6-7-13)9-20(15)10-16-18-11-19-21(16)5-2/h11-15,17H,4-10H2,1-3H3. The van der Waals surface area contributed by atoms with Gasteiger partial charge >= 0.3 is 0 Å². The van der Waals surface area contributed by atoms with Gasteiger partial charge in [0.1, 0.15) is 12.2 Å². The molecule has 2 heterocycles. The van der Waals surface area contributed by atoms with Crippen molar-refractivity contribution >= 4 is 0 Å². The summed E-state index contributed by atoms with van der Waals surface area (Å²) < 4.78 is 2.03. The quantitative estimate of drug-likeness (QED) is 0.869. The molecule has 3 unspecified atom stereocenters. The number of piperazine rings is 1. The van der Waals surface area contributed by atoms with Gasteiger partial charge in [-0.15, -0.1) is 0 Å². The zero-order chi connectivity index (χ0) is 14.8. The molecule has 1 aromatic rings. The lowest BCUT2D eigenvalue weighted by atomic mass is 9.93. The molecule has 1 aromatic heterocycles. The number of aryl methyl sites for hydroxylation is 1. The van der Waals surface area contributed by atoms with Crippen LogP contribution >= 0.6 is 0 Å². The second kappa shape index (κ2) is 6.44. The molecule has 1 aliphatic carbocycles. The van der Waals surface area contributed by atoms with E-state index in [0.717, 1.165) is 43.8 Å². The van der Waals surface area contributed by atoms with Gasteiger partial charge in [-0.25, -0.2) is 9.67 Å². The summed E-state index contributed by atoms with van der Waals surface area (Å²) in [7, 11) is 0. The summed E-state index contributed by atoms with van der Waals surface area (Å²) in [5, 5.41) is 8.12. The van der Waals surface area contributed by atoms with Gasteiger partial charge in [0.25, 0.3) is 0 Å². The largest absolute Gasteiger partial charge is 0.311 e. The molecule has 2 aliphatic rings. The number of hydrogen-bond acceptors (Lipinski definition) is 4. The average molecular weight is 291 g/mol. The van der Waals surface area contributed by atoms with Crippen molar-refractivity contribution in [2.24, 2.45) is 11.8 Å². The van der Waals surface area contributed by atoms with Crippen LogP contribution in [0.4, 0.5) is 0 Å².